The third-order valence-corrected chi connectivity index (χ3v) is 2.20. The van der Waals surface area contributed by atoms with Gasteiger partial charge in [0.05, 0.1) is 5.34 Å². The van der Waals surface area contributed by atoms with Crippen LogP contribution in [0.1, 0.15) is 13.3 Å². The number of hydrogen-bond acceptors (Lipinski definition) is 6. The number of hydroxylamine groups is 1. The molecule has 0 saturated carbocycles. The van der Waals surface area contributed by atoms with E-state index in [2.05, 4.69) is 9.25 Å². The molecule has 3 fully saturated rings. The van der Waals surface area contributed by atoms with Crippen molar-refractivity contribution in [1.82, 2.24) is 10.5 Å². The molecule has 0 unspecified atom stereocenters. The summed E-state index contributed by atoms with van der Waals surface area (Å²) < 4.78 is 24.7. The SMILES string of the molecule is CCCN1OP2(=O)ON1O2. The Bertz CT molecular complexity index is 187. The lowest BCUT2D eigenvalue weighted by molar-refractivity contribution is -0.425. The highest BCUT2D eigenvalue weighted by molar-refractivity contribution is 7.49. The smallest absolute Gasteiger partial charge is 0.223 e. The van der Waals surface area contributed by atoms with Gasteiger partial charge in [-0.2, -0.15) is 4.62 Å². The Kier molecular flexibility index (Phi) is 1.35. The van der Waals surface area contributed by atoms with Crippen LogP contribution in [0, 0.1) is 0 Å². The summed E-state index contributed by atoms with van der Waals surface area (Å²) in [7, 11) is -3.13. The van der Waals surface area contributed by atoms with Crippen LogP contribution >= 0.6 is 7.82 Å². The Balaban J connectivity index is 1.99. The average Bonchev–Trinajstić information content (AvgIpc) is 2.20. The predicted molar refractivity (Wildman–Crippen MR) is 29.7 cm³/mol. The zero-order valence-electron chi connectivity index (χ0n) is 5.39. The highest BCUT2D eigenvalue weighted by atomic mass is 31.2. The summed E-state index contributed by atoms with van der Waals surface area (Å²) in [5, 5.41) is 2.28. The molecule has 0 aromatic heterocycles. The Morgan fingerprint density at radius 2 is 2.10 bits per heavy atom. The minimum atomic E-state index is -3.13. The fourth-order valence-corrected chi connectivity index (χ4v) is 1.70. The number of phosphoric acid groups is 1. The van der Waals surface area contributed by atoms with Crippen LogP contribution in [0.4, 0.5) is 0 Å². The molecule has 0 radical (unpaired) electrons. The van der Waals surface area contributed by atoms with E-state index in [4.69, 9.17) is 4.62 Å². The molecule has 0 amide bonds. The monoisotopic (exact) mass is 166 g/mol. The summed E-state index contributed by atoms with van der Waals surface area (Å²) in [4.78, 5) is 0. The second-order valence-electron chi connectivity index (χ2n) is 2.01. The van der Waals surface area contributed by atoms with E-state index in [1.165, 1.54) is 5.17 Å². The molecule has 0 atom stereocenters. The van der Waals surface area contributed by atoms with E-state index in [0.717, 1.165) is 11.8 Å². The molecule has 3 aliphatic heterocycles. The van der Waals surface area contributed by atoms with Gasteiger partial charge in [0.2, 0.25) is 0 Å². The van der Waals surface area contributed by atoms with Gasteiger partial charge in [0.1, 0.15) is 0 Å². The van der Waals surface area contributed by atoms with Crippen molar-refractivity contribution < 1.29 is 18.4 Å². The largest absolute Gasteiger partial charge is 0.532 e. The van der Waals surface area contributed by atoms with Crippen molar-refractivity contribution in [3.8, 4) is 0 Å². The first-order chi connectivity index (χ1) is 4.73. The van der Waals surface area contributed by atoms with Crippen LogP contribution in [0.3, 0.4) is 0 Å². The molecule has 3 heterocycles. The van der Waals surface area contributed by atoms with E-state index in [0.29, 0.717) is 6.54 Å². The highest BCUT2D eigenvalue weighted by Gasteiger charge is 2.59. The van der Waals surface area contributed by atoms with Crippen LogP contribution in [0.25, 0.3) is 0 Å². The van der Waals surface area contributed by atoms with E-state index in [1.807, 2.05) is 6.92 Å². The van der Waals surface area contributed by atoms with Crippen LogP contribution in [0.5, 0.6) is 0 Å². The lowest BCUT2D eigenvalue weighted by atomic mass is 10.5. The Morgan fingerprint density at radius 3 is 2.50 bits per heavy atom. The maximum Gasteiger partial charge on any atom is 0.532 e. The summed E-state index contributed by atoms with van der Waals surface area (Å²) in [6.45, 7) is 2.58. The van der Waals surface area contributed by atoms with Gasteiger partial charge < -0.3 is 0 Å². The summed E-state index contributed by atoms with van der Waals surface area (Å²) >= 11 is 0. The van der Waals surface area contributed by atoms with Crippen molar-refractivity contribution in [2.75, 3.05) is 6.54 Å². The molecule has 2 bridgehead atoms. The number of hydrazine groups is 1. The van der Waals surface area contributed by atoms with E-state index in [-0.39, 0.29) is 0 Å². The Hall–Kier alpha value is 0.0300. The summed E-state index contributed by atoms with van der Waals surface area (Å²) in [6.07, 6.45) is 0.878. The topological polar surface area (TPSA) is 51.2 Å². The molecular formula is C3H7N2O4P. The van der Waals surface area contributed by atoms with Crippen molar-refractivity contribution in [3.63, 3.8) is 0 Å². The molecule has 10 heavy (non-hydrogen) atoms. The van der Waals surface area contributed by atoms with Gasteiger partial charge >= 0.3 is 7.82 Å². The quantitative estimate of drug-likeness (QED) is 0.566. The summed E-state index contributed by atoms with van der Waals surface area (Å²) in [5.41, 5.74) is 0. The van der Waals surface area contributed by atoms with Gasteiger partial charge in [0, 0.05) is 6.54 Å². The van der Waals surface area contributed by atoms with Gasteiger partial charge in [-0.3, -0.25) is 0 Å². The molecule has 3 aliphatic rings. The fraction of sp³-hybridized carbons (Fsp3) is 1.00. The zero-order chi connectivity index (χ0) is 7.19. The van der Waals surface area contributed by atoms with E-state index in [9.17, 15) is 4.57 Å². The molecule has 0 aromatic rings. The van der Waals surface area contributed by atoms with Gasteiger partial charge in [-0.1, -0.05) is 12.1 Å². The normalized spacial score (nSPS) is 45.5. The predicted octanol–water partition coefficient (Wildman–Crippen LogP) is 0.845. The molecule has 6 nitrogen and oxygen atoms in total. The molecule has 0 N–H and O–H groups in total. The first-order valence-electron chi connectivity index (χ1n) is 3.00. The molecule has 3 saturated heterocycles. The molecule has 58 valence electrons. The molecule has 0 spiro atoms. The van der Waals surface area contributed by atoms with Gasteiger partial charge in [-0.05, 0) is 6.42 Å². The second-order valence-corrected chi connectivity index (χ2v) is 3.39. The molecule has 0 aliphatic carbocycles. The summed E-state index contributed by atoms with van der Waals surface area (Å²) in [5.74, 6) is 0. The van der Waals surface area contributed by atoms with Gasteiger partial charge in [0.25, 0.3) is 0 Å². The van der Waals surface area contributed by atoms with Gasteiger partial charge in [-0.25, -0.2) is 4.57 Å². The second kappa shape index (κ2) is 2.01. The first kappa shape index (κ1) is 6.72. The standard InChI is InChI=1S/C3H7N2O4P/c1-2-3-4-5-8-10(6,7-4)9-5/h2-3H2,1H3. The Morgan fingerprint density at radius 1 is 1.40 bits per heavy atom. The van der Waals surface area contributed by atoms with Crippen molar-refractivity contribution >= 4 is 7.82 Å². The van der Waals surface area contributed by atoms with Crippen LogP contribution < -0.4 is 0 Å². The van der Waals surface area contributed by atoms with Crippen LogP contribution in [0.15, 0.2) is 0 Å². The van der Waals surface area contributed by atoms with E-state index < -0.39 is 7.82 Å². The van der Waals surface area contributed by atoms with E-state index in [1.54, 1.807) is 0 Å². The highest BCUT2D eigenvalue weighted by Crippen LogP contribution is 2.66. The number of nitrogens with zero attached hydrogens (tertiary/aromatic N) is 2. The average molecular weight is 166 g/mol. The lowest BCUT2D eigenvalue weighted by Gasteiger charge is -2.20. The van der Waals surface area contributed by atoms with Gasteiger partial charge in [-0.15, -0.1) is 9.25 Å². The van der Waals surface area contributed by atoms with Gasteiger partial charge in [0.15, 0.2) is 0 Å². The zero-order valence-corrected chi connectivity index (χ0v) is 6.28. The minimum Gasteiger partial charge on any atom is -0.223 e. The van der Waals surface area contributed by atoms with Crippen molar-refractivity contribution in [2.45, 2.75) is 13.3 Å². The summed E-state index contributed by atoms with van der Waals surface area (Å²) in [6, 6.07) is 0. The van der Waals surface area contributed by atoms with Crippen LogP contribution in [0.2, 0.25) is 0 Å². The van der Waals surface area contributed by atoms with Crippen molar-refractivity contribution in [2.24, 2.45) is 0 Å². The molecule has 7 heteroatoms. The Labute approximate surface area is 57.7 Å². The van der Waals surface area contributed by atoms with Crippen molar-refractivity contribution in [1.29, 1.82) is 0 Å². The minimum absolute atomic E-state index is 0.615. The fourth-order valence-electron chi connectivity index (χ4n) is 0.747. The molecular weight excluding hydrogens is 159 g/mol. The molecule has 0 aromatic carbocycles. The van der Waals surface area contributed by atoms with E-state index >= 15 is 0 Å². The number of rotatable bonds is 2. The van der Waals surface area contributed by atoms with Crippen LogP contribution in [-0.2, 0) is 18.4 Å². The van der Waals surface area contributed by atoms with Crippen molar-refractivity contribution in [3.05, 3.63) is 0 Å². The lowest BCUT2D eigenvalue weighted by Crippen LogP contribution is -2.34. The third kappa shape index (κ3) is 0.818. The number of hydrogen-bond donors (Lipinski definition) is 0. The molecule has 3 rings (SSSR count). The third-order valence-electron chi connectivity index (χ3n) is 1.13. The number of fused-ring (bicyclic) bond motifs is 1. The first-order valence-corrected chi connectivity index (χ1v) is 4.46. The maximum absolute atomic E-state index is 10.8. The van der Waals surface area contributed by atoms with Crippen LogP contribution in [-0.4, -0.2) is 17.1 Å². The maximum atomic E-state index is 10.8.